The van der Waals surface area contributed by atoms with E-state index in [0.717, 1.165) is 31.4 Å². The van der Waals surface area contributed by atoms with Gasteiger partial charge < -0.3 is 5.73 Å². The maximum absolute atomic E-state index is 6.19. The van der Waals surface area contributed by atoms with E-state index in [0.29, 0.717) is 0 Å². The van der Waals surface area contributed by atoms with E-state index in [1.165, 1.54) is 16.7 Å². The van der Waals surface area contributed by atoms with Gasteiger partial charge in [-0.2, -0.15) is 0 Å². The van der Waals surface area contributed by atoms with Crippen LogP contribution in [0.2, 0.25) is 0 Å². The fourth-order valence-corrected chi connectivity index (χ4v) is 2.18. The van der Waals surface area contributed by atoms with Crippen LogP contribution < -0.4 is 5.73 Å². The van der Waals surface area contributed by atoms with E-state index in [1.54, 1.807) is 0 Å². The van der Waals surface area contributed by atoms with Crippen LogP contribution in [0.4, 0.5) is 0 Å². The molecule has 2 N–H and O–H groups in total. The molecule has 1 heteroatoms. The second-order valence-electron chi connectivity index (χ2n) is 4.39. The number of rotatable bonds is 1. The van der Waals surface area contributed by atoms with Crippen molar-refractivity contribution in [2.24, 2.45) is 5.73 Å². The summed E-state index contributed by atoms with van der Waals surface area (Å²) in [6.45, 7) is 2.20. The first-order valence-electron chi connectivity index (χ1n) is 5.93. The molecule has 0 heterocycles. The summed E-state index contributed by atoms with van der Waals surface area (Å²) < 4.78 is 0. The molecule has 2 rings (SSSR count). The van der Waals surface area contributed by atoms with Gasteiger partial charge in [0.1, 0.15) is 0 Å². The summed E-state index contributed by atoms with van der Waals surface area (Å²) in [7, 11) is 0. The van der Waals surface area contributed by atoms with Gasteiger partial charge >= 0.3 is 0 Å². The lowest BCUT2D eigenvalue weighted by Gasteiger charge is -2.11. The summed E-state index contributed by atoms with van der Waals surface area (Å²) in [5.41, 5.74) is 11.3. The van der Waals surface area contributed by atoms with Crippen LogP contribution in [-0.4, -0.2) is 0 Å². The first-order valence-corrected chi connectivity index (χ1v) is 5.93. The molecule has 0 aliphatic heterocycles. The molecule has 0 saturated heterocycles. The third kappa shape index (κ3) is 2.35. The standard InChI is InChI=1S/C15H19N/c1-12-8-7-10-13(12)14-9-5-3-2-4-6-11-15(14)16/h3-7,10H,2,8-9,11,16H2,1H3/b5-3?,6-4?,15-14-. The molecule has 0 aromatic heterocycles. The quantitative estimate of drug-likeness (QED) is 0.659. The summed E-state index contributed by atoms with van der Waals surface area (Å²) in [5, 5.41) is 0. The Labute approximate surface area is 97.7 Å². The van der Waals surface area contributed by atoms with Gasteiger partial charge in [0.05, 0.1) is 0 Å². The number of hydrogen-bond acceptors (Lipinski definition) is 1. The molecule has 0 spiro atoms. The molecule has 0 bridgehead atoms. The number of allylic oxidation sites excluding steroid dienone is 9. The Bertz CT molecular complexity index is 417. The van der Waals surface area contributed by atoms with Gasteiger partial charge in [-0.25, -0.2) is 0 Å². The Morgan fingerprint density at radius 3 is 2.38 bits per heavy atom. The molecule has 0 aromatic rings. The van der Waals surface area contributed by atoms with Gasteiger partial charge in [-0.1, -0.05) is 42.0 Å². The largest absolute Gasteiger partial charge is 0.402 e. The van der Waals surface area contributed by atoms with E-state index >= 15 is 0 Å². The van der Waals surface area contributed by atoms with E-state index in [2.05, 4.69) is 43.4 Å². The van der Waals surface area contributed by atoms with Crippen molar-refractivity contribution in [2.45, 2.75) is 32.6 Å². The van der Waals surface area contributed by atoms with E-state index in [-0.39, 0.29) is 0 Å². The highest BCUT2D eigenvalue weighted by atomic mass is 14.6. The van der Waals surface area contributed by atoms with Crippen LogP contribution >= 0.6 is 0 Å². The summed E-state index contributed by atoms with van der Waals surface area (Å²) >= 11 is 0. The molecule has 2 aliphatic rings. The predicted molar refractivity (Wildman–Crippen MR) is 69.8 cm³/mol. The average molecular weight is 213 g/mol. The zero-order valence-electron chi connectivity index (χ0n) is 9.87. The highest BCUT2D eigenvalue weighted by molar-refractivity contribution is 5.50. The zero-order chi connectivity index (χ0) is 11.4. The lowest BCUT2D eigenvalue weighted by Crippen LogP contribution is -2.03. The van der Waals surface area contributed by atoms with Crippen molar-refractivity contribution in [3.8, 4) is 0 Å². The van der Waals surface area contributed by atoms with Crippen LogP contribution in [0.3, 0.4) is 0 Å². The van der Waals surface area contributed by atoms with Crippen LogP contribution in [0.25, 0.3) is 0 Å². The van der Waals surface area contributed by atoms with Crippen molar-refractivity contribution in [2.75, 3.05) is 0 Å². The molecule has 0 saturated carbocycles. The molecule has 0 radical (unpaired) electrons. The number of nitrogens with two attached hydrogens (primary N) is 1. The van der Waals surface area contributed by atoms with Crippen LogP contribution in [0.15, 0.2) is 58.9 Å². The van der Waals surface area contributed by atoms with E-state index in [1.807, 2.05) is 0 Å². The topological polar surface area (TPSA) is 26.0 Å². The summed E-state index contributed by atoms with van der Waals surface area (Å²) in [4.78, 5) is 0. The molecule has 0 fully saturated rings. The lowest BCUT2D eigenvalue weighted by molar-refractivity contribution is 1.06. The van der Waals surface area contributed by atoms with Crippen molar-refractivity contribution in [3.05, 3.63) is 58.9 Å². The first kappa shape index (κ1) is 11.0. The summed E-state index contributed by atoms with van der Waals surface area (Å²) in [6.07, 6.45) is 17.2. The first-order chi connectivity index (χ1) is 7.79. The number of hydrogen-bond donors (Lipinski definition) is 1. The Morgan fingerprint density at radius 1 is 0.938 bits per heavy atom. The highest BCUT2D eigenvalue weighted by Crippen LogP contribution is 2.29. The molecular formula is C15H19N. The minimum atomic E-state index is 0.877. The summed E-state index contributed by atoms with van der Waals surface area (Å²) in [5.74, 6) is 0. The SMILES string of the molecule is CC1=C(/C2=C(\N)CC=CCC=CC2)C=CC1. The minimum absolute atomic E-state index is 0.877. The second kappa shape index (κ2) is 5.02. The van der Waals surface area contributed by atoms with Crippen molar-refractivity contribution in [3.63, 3.8) is 0 Å². The van der Waals surface area contributed by atoms with Gasteiger partial charge in [-0.05, 0) is 37.3 Å². The molecule has 1 nitrogen and oxygen atoms in total. The Balaban J connectivity index is 2.35. The van der Waals surface area contributed by atoms with Gasteiger partial charge in [0.2, 0.25) is 0 Å². The van der Waals surface area contributed by atoms with Gasteiger partial charge in [-0.3, -0.25) is 0 Å². The monoisotopic (exact) mass is 213 g/mol. The smallest absolute Gasteiger partial charge is 0.0160 e. The zero-order valence-corrected chi connectivity index (χ0v) is 9.87. The maximum Gasteiger partial charge on any atom is 0.0160 e. The molecule has 0 atom stereocenters. The van der Waals surface area contributed by atoms with Gasteiger partial charge in [0.15, 0.2) is 0 Å². The van der Waals surface area contributed by atoms with Crippen LogP contribution in [0, 0.1) is 0 Å². The van der Waals surface area contributed by atoms with Crippen LogP contribution in [-0.2, 0) is 0 Å². The van der Waals surface area contributed by atoms with Crippen LogP contribution in [0.1, 0.15) is 32.6 Å². The second-order valence-corrected chi connectivity index (χ2v) is 4.39. The van der Waals surface area contributed by atoms with Crippen molar-refractivity contribution < 1.29 is 0 Å². The fraction of sp³-hybridized carbons (Fsp3) is 0.333. The van der Waals surface area contributed by atoms with E-state index in [4.69, 9.17) is 5.73 Å². The molecular weight excluding hydrogens is 194 g/mol. The van der Waals surface area contributed by atoms with Crippen LogP contribution in [0.5, 0.6) is 0 Å². The highest BCUT2D eigenvalue weighted by Gasteiger charge is 2.12. The average Bonchev–Trinajstić information content (AvgIpc) is 2.70. The third-order valence-electron chi connectivity index (χ3n) is 3.15. The van der Waals surface area contributed by atoms with Gasteiger partial charge in [0, 0.05) is 12.1 Å². The molecule has 2 aliphatic carbocycles. The Kier molecular flexibility index (Phi) is 3.45. The molecule has 0 amide bonds. The van der Waals surface area contributed by atoms with E-state index < -0.39 is 0 Å². The third-order valence-corrected chi connectivity index (χ3v) is 3.15. The molecule has 84 valence electrons. The van der Waals surface area contributed by atoms with Crippen molar-refractivity contribution >= 4 is 0 Å². The van der Waals surface area contributed by atoms with Gasteiger partial charge in [-0.15, -0.1) is 0 Å². The Hall–Kier alpha value is -1.50. The molecule has 0 aromatic carbocycles. The molecule has 16 heavy (non-hydrogen) atoms. The van der Waals surface area contributed by atoms with Crippen molar-refractivity contribution in [1.29, 1.82) is 0 Å². The normalized spacial score (nSPS) is 25.8. The predicted octanol–water partition coefficient (Wildman–Crippen LogP) is 3.77. The van der Waals surface area contributed by atoms with Crippen molar-refractivity contribution in [1.82, 2.24) is 0 Å². The summed E-state index contributed by atoms with van der Waals surface area (Å²) in [6, 6.07) is 0. The Morgan fingerprint density at radius 2 is 1.69 bits per heavy atom. The minimum Gasteiger partial charge on any atom is -0.402 e. The fourth-order valence-electron chi connectivity index (χ4n) is 2.18. The maximum atomic E-state index is 6.19. The van der Waals surface area contributed by atoms with E-state index in [9.17, 15) is 0 Å². The lowest BCUT2D eigenvalue weighted by atomic mass is 9.97. The molecule has 0 unspecified atom stereocenters. The van der Waals surface area contributed by atoms with Gasteiger partial charge in [0.25, 0.3) is 0 Å².